The highest BCUT2D eigenvalue weighted by Crippen LogP contribution is 2.24. The van der Waals surface area contributed by atoms with E-state index >= 15 is 0 Å². The van der Waals surface area contributed by atoms with E-state index in [2.05, 4.69) is 56.5 Å². The molecule has 6 heteroatoms. The van der Waals surface area contributed by atoms with Crippen LogP contribution < -0.4 is 15.4 Å². The van der Waals surface area contributed by atoms with Crippen LogP contribution in [-0.2, 0) is 0 Å². The van der Waals surface area contributed by atoms with Crippen LogP contribution in [-0.4, -0.2) is 9.97 Å². The van der Waals surface area contributed by atoms with Gasteiger partial charge >= 0.3 is 0 Å². The predicted octanol–water partition coefficient (Wildman–Crippen LogP) is 6.70. The van der Waals surface area contributed by atoms with Crippen LogP contribution in [0.1, 0.15) is 11.3 Å². The number of nitrogens with one attached hydrogen (secondary N) is 3. The molecule has 0 unspecified atom stereocenters. The molecule has 5 nitrogen and oxygen atoms in total. The lowest BCUT2D eigenvalue weighted by Gasteiger charge is -2.11. The van der Waals surface area contributed by atoms with Gasteiger partial charge in [0.2, 0.25) is 5.95 Å². The number of hydrogen-bond acceptors (Lipinski definition) is 6. The zero-order valence-electron chi connectivity index (χ0n) is 16.9. The van der Waals surface area contributed by atoms with Crippen molar-refractivity contribution < 1.29 is 0 Å². The second-order valence-corrected chi connectivity index (χ2v) is 7.81. The quantitative estimate of drug-likeness (QED) is 0.293. The van der Waals surface area contributed by atoms with E-state index in [1.807, 2.05) is 67.6 Å². The van der Waals surface area contributed by atoms with Gasteiger partial charge < -0.3 is 15.4 Å². The fraction of sp³-hybridized carbons (Fsp3) is 0.0833. The van der Waals surface area contributed by atoms with Gasteiger partial charge in [0.25, 0.3) is 0 Å². The molecule has 3 aromatic carbocycles. The Hall–Kier alpha value is -3.51. The topological polar surface area (TPSA) is 61.9 Å². The molecule has 0 bridgehead atoms. The van der Waals surface area contributed by atoms with Gasteiger partial charge in [-0.05, 0) is 74.3 Å². The lowest BCUT2D eigenvalue weighted by Crippen LogP contribution is -2.02. The molecule has 0 radical (unpaired) electrons. The first-order chi connectivity index (χ1) is 14.6. The average Bonchev–Trinajstić information content (AvgIpc) is 2.75. The van der Waals surface area contributed by atoms with Crippen molar-refractivity contribution in [2.75, 3.05) is 15.4 Å². The normalized spacial score (nSPS) is 10.5. The van der Waals surface area contributed by atoms with Crippen molar-refractivity contribution in [3.63, 3.8) is 0 Å². The monoisotopic (exact) mass is 413 g/mol. The number of nitrogens with zero attached hydrogens (tertiary/aromatic N) is 2. The lowest BCUT2D eigenvalue weighted by atomic mass is 10.2. The highest BCUT2D eigenvalue weighted by Gasteiger charge is 2.04. The molecule has 0 amide bonds. The number of anilines is 5. The van der Waals surface area contributed by atoms with E-state index in [0.29, 0.717) is 5.95 Å². The maximum atomic E-state index is 4.59. The Bertz CT molecular complexity index is 1100. The molecule has 0 aliphatic heterocycles. The first-order valence-corrected chi connectivity index (χ1v) is 10.5. The van der Waals surface area contributed by atoms with E-state index in [1.165, 1.54) is 10.5 Å². The SMILES string of the molecule is Cc1ccc(Nc2nc(C)cc(Nc3ccc(NSc4ccccc4)cc3)n2)cc1. The highest BCUT2D eigenvalue weighted by molar-refractivity contribution is 8.00. The van der Waals surface area contributed by atoms with Crippen molar-refractivity contribution in [2.45, 2.75) is 18.7 Å². The van der Waals surface area contributed by atoms with E-state index in [4.69, 9.17) is 0 Å². The Balaban J connectivity index is 1.41. The van der Waals surface area contributed by atoms with E-state index in [9.17, 15) is 0 Å². The number of rotatable bonds is 7. The van der Waals surface area contributed by atoms with Gasteiger partial charge in [-0.3, -0.25) is 0 Å². The van der Waals surface area contributed by atoms with Crippen LogP contribution >= 0.6 is 11.9 Å². The molecule has 0 fully saturated rings. The fourth-order valence-electron chi connectivity index (χ4n) is 2.83. The molecule has 0 aliphatic carbocycles. The van der Waals surface area contributed by atoms with Gasteiger partial charge in [0.1, 0.15) is 5.82 Å². The zero-order valence-corrected chi connectivity index (χ0v) is 17.7. The largest absolute Gasteiger partial charge is 0.340 e. The van der Waals surface area contributed by atoms with Crippen LogP contribution in [0.5, 0.6) is 0 Å². The number of aromatic nitrogens is 2. The minimum Gasteiger partial charge on any atom is -0.340 e. The summed E-state index contributed by atoms with van der Waals surface area (Å²) >= 11 is 1.59. The third kappa shape index (κ3) is 5.52. The van der Waals surface area contributed by atoms with Crippen molar-refractivity contribution in [1.29, 1.82) is 0 Å². The molecule has 0 aliphatic rings. The molecule has 0 saturated heterocycles. The molecule has 4 aromatic rings. The minimum atomic E-state index is 0.568. The second kappa shape index (κ2) is 9.33. The van der Waals surface area contributed by atoms with E-state index < -0.39 is 0 Å². The molecule has 4 rings (SSSR count). The fourth-order valence-corrected chi connectivity index (χ4v) is 3.50. The summed E-state index contributed by atoms with van der Waals surface area (Å²) in [6.45, 7) is 4.02. The molecule has 1 aromatic heterocycles. The Labute approximate surface area is 181 Å². The molecule has 3 N–H and O–H groups in total. The van der Waals surface area contributed by atoms with E-state index in [-0.39, 0.29) is 0 Å². The van der Waals surface area contributed by atoms with Gasteiger partial charge in [-0.2, -0.15) is 4.98 Å². The van der Waals surface area contributed by atoms with Crippen LogP contribution in [0.3, 0.4) is 0 Å². The van der Waals surface area contributed by atoms with Gasteiger partial charge in [0, 0.05) is 33.7 Å². The van der Waals surface area contributed by atoms with Crippen LogP contribution in [0.2, 0.25) is 0 Å². The first-order valence-electron chi connectivity index (χ1n) is 9.68. The van der Waals surface area contributed by atoms with E-state index in [1.54, 1.807) is 11.9 Å². The van der Waals surface area contributed by atoms with Crippen LogP contribution in [0, 0.1) is 13.8 Å². The summed E-state index contributed by atoms with van der Waals surface area (Å²) in [5.74, 6) is 1.32. The molecule has 0 atom stereocenters. The third-order valence-corrected chi connectivity index (χ3v) is 5.19. The maximum absolute atomic E-state index is 4.59. The Morgan fingerprint density at radius 1 is 0.667 bits per heavy atom. The van der Waals surface area contributed by atoms with Crippen LogP contribution in [0.25, 0.3) is 0 Å². The molecule has 0 spiro atoms. The van der Waals surface area contributed by atoms with Gasteiger partial charge in [0.15, 0.2) is 0 Å². The molecular weight excluding hydrogens is 390 g/mol. The van der Waals surface area contributed by atoms with Gasteiger partial charge in [-0.1, -0.05) is 35.9 Å². The summed E-state index contributed by atoms with van der Waals surface area (Å²) in [5.41, 5.74) is 5.07. The summed E-state index contributed by atoms with van der Waals surface area (Å²) in [7, 11) is 0. The van der Waals surface area contributed by atoms with Crippen molar-refractivity contribution >= 4 is 40.8 Å². The highest BCUT2D eigenvalue weighted by atomic mass is 32.2. The van der Waals surface area contributed by atoms with Crippen LogP contribution in [0.15, 0.2) is 89.8 Å². The van der Waals surface area contributed by atoms with Gasteiger partial charge in [-0.15, -0.1) is 0 Å². The van der Waals surface area contributed by atoms with Gasteiger partial charge in [0.05, 0.1) is 0 Å². The van der Waals surface area contributed by atoms with Crippen molar-refractivity contribution in [3.8, 4) is 0 Å². The smallest absolute Gasteiger partial charge is 0.229 e. The number of hydrogen-bond donors (Lipinski definition) is 3. The summed E-state index contributed by atoms with van der Waals surface area (Å²) < 4.78 is 3.35. The number of aryl methyl sites for hydroxylation is 2. The molecule has 30 heavy (non-hydrogen) atoms. The standard InChI is InChI=1S/C24H23N5S/c1-17-8-10-20(11-9-17)27-24-25-18(2)16-23(28-24)26-19-12-14-21(15-13-19)29-30-22-6-4-3-5-7-22/h3-16,29H,1-2H3,(H2,25,26,27,28). The molecule has 1 heterocycles. The zero-order chi connectivity index (χ0) is 20.8. The molecule has 150 valence electrons. The summed E-state index contributed by atoms with van der Waals surface area (Å²) in [4.78, 5) is 10.2. The van der Waals surface area contributed by atoms with Gasteiger partial charge in [-0.25, -0.2) is 4.98 Å². The van der Waals surface area contributed by atoms with Crippen LogP contribution in [0.4, 0.5) is 28.8 Å². The van der Waals surface area contributed by atoms with E-state index in [0.717, 1.165) is 28.6 Å². The Morgan fingerprint density at radius 3 is 2.03 bits per heavy atom. The summed E-state index contributed by atoms with van der Waals surface area (Å²) in [6.07, 6.45) is 0. The number of benzene rings is 3. The molecule has 0 saturated carbocycles. The summed E-state index contributed by atoms with van der Waals surface area (Å²) in [5, 5.41) is 6.62. The third-order valence-electron chi connectivity index (χ3n) is 4.35. The second-order valence-electron chi connectivity index (χ2n) is 6.93. The average molecular weight is 414 g/mol. The summed E-state index contributed by atoms with van der Waals surface area (Å²) in [6, 6.07) is 28.4. The molecular formula is C24H23N5S. The first kappa shape index (κ1) is 19.8. The maximum Gasteiger partial charge on any atom is 0.229 e. The van der Waals surface area contributed by atoms with Crippen molar-refractivity contribution in [1.82, 2.24) is 9.97 Å². The van der Waals surface area contributed by atoms with Crippen molar-refractivity contribution in [3.05, 3.63) is 96.2 Å². The van der Waals surface area contributed by atoms with Crippen molar-refractivity contribution in [2.24, 2.45) is 0 Å². The Morgan fingerprint density at radius 2 is 1.30 bits per heavy atom. The minimum absolute atomic E-state index is 0.568. The predicted molar refractivity (Wildman–Crippen MR) is 127 cm³/mol. The Kier molecular flexibility index (Phi) is 6.15. The lowest BCUT2D eigenvalue weighted by molar-refractivity contribution is 1.11.